The van der Waals surface area contributed by atoms with E-state index in [1.807, 2.05) is 0 Å². The molecule has 1 aliphatic heterocycles. The first kappa shape index (κ1) is 14.9. The van der Waals surface area contributed by atoms with E-state index in [-0.39, 0.29) is 22.7 Å². The van der Waals surface area contributed by atoms with Crippen molar-refractivity contribution in [2.24, 2.45) is 0 Å². The van der Waals surface area contributed by atoms with Crippen molar-refractivity contribution in [3.63, 3.8) is 0 Å². The van der Waals surface area contributed by atoms with E-state index in [0.29, 0.717) is 24.2 Å². The highest BCUT2D eigenvalue weighted by Gasteiger charge is 2.42. The van der Waals surface area contributed by atoms with Crippen molar-refractivity contribution in [2.45, 2.75) is 42.7 Å². The van der Waals surface area contributed by atoms with Crippen LogP contribution in [0.2, 0.25) is 0 Å². The lowest BCUT2D eigenvalue weighted by Gasteiger charge is -2.33. The van der Waals surface area contributed by atoms with Crippen molar-refractivity contribution in [3.05, 3.63) is 28.7 Å². The molecule has 0 amide bonds. The van der Waals surface area contributed by atoms with Crippen LogP contribution >= 0.6 is 0 Å². The summed E-state index contributed by atoms with van der Waals surface area (Å²) in [5.74, 6) is 0. The van der Waals surface area contributed by atoms with Crippen LogP contribution in [0, 0.1) is 0 Å². The van der Waals surface area contributed by atoms with Crippen molar-refractivity contribution in [1.82, 2.24) is 14.3 Å². The number of imidazole rings is 1. The third-order valence-corrected chi connectivity index (χ3v) is 6.52. The Hall–Kier alpha value is -1.64. The molecule has 4 rings (SSSR count). The summed E-state index contributed by atoms with van der Waals surface area (Å²) in [5.41, 5.74) is 0.787. The van der Waals surface area contributed by atoms with E-state index in [1.165, 1.54) is 6.07 Å². The number of hydrogen-bond donors (Lipinski definition) is 2. The molecule has 7 nitrogen and oxygen atoms in total. The van der Waals surface area contributed by atoms with Crippen LogP contribution in [-0.2, 0) is 14.8 Å². The minimum Gasteiger partial charge on any atom is -0.381 e. The van der Waals surface area contributed by atoms with Crippen LogP contribution in [0.4, 0.5) is 0 Å². The highest BCUT2D eigenvalue weighted by Crippen LogP contribution is 2.36. The Morgan fingerprint density at radius 3 is 2.35 bits per heavy atom. The molecule has 0 radical (unpaired) electrons. The molecule has 8 heteroatoms. The minimum absolute atomic E-state index is 0.00206. The normalized spacial score (nSPS) is 20.4. The van der Waals surface area contributed by atoms with Gasteiger partial charge in [0.1, 0.15) is 0 Å². The summed E-state index contributed by atoms with van der Waals surface area (Å²) in [4.78, 5) is 16.8. The van der Waals surface area contributed by atoms with Crippen molar-refractivity contribution in [2.75, 3.05) is 13.2 Å². The van der Waals surface area contributed by atoms with E-state index in [2.05, 4.69) is 9.97 Å². The molecule has 2 aliphatic rings. The van der Waals surface area contributed by atoms with Gasteiger partial charge in [-0.25, -0.2) is 13.2 Å². The second-order valence-corrected chi connectivity index (χ2v) is 8.04. The van der Waals surface area contributed by atoms with Crippen LogP contribution in [-0.4, -0.2) is 48.0 Å². The van der Waals surface area contributed by atoms with Gasteiger partial charge in [-0.3, -0.25) is 0 Å². The fourth-order valence-electron chi connectivity index (χ4n) is 3.25. The molecule has 23 heavy (non-hydrogen) atoms. The average molecular weight is 337 g/mol. The van der Waals surface area contributed by atoms with Crippen LogP contribution in [0.3, 0.4) is 0 Å². The molecule has 2 fully saturated rings. The first-order chi connectivity index (χ1) is 11.1. The monoisotopic (exact) mass is 337 g/mol. The number of aromatic nitrogens is 2. The third-order valence-electron chi connectivity index (χ3n) is 4.52. The van der Waals surface area contributed by atoms with Crippen molar-refractivity contribution in [1.29, 1.82) is 0 Å². The Balaban J connectivity index is 1.74. The van der Waals surface area contributed by atoms with Crippen molar-refractivity contribution >= 4 is 21.1 Å². The number of rotatable bonds is 4. The lowest BCUT2D eigenvalue weighted by Crippen LogP contribution is -2.44. The van der Waals surface area contributed by atoms with E-state index in [1.54, 1.807) is 16.4 Å². The van der Waals surface area contributed by atoms with Crippen LogP contribution in [0.25, 0.3) is 11.0 Å². The lowest BCUT2D eigenvalue weighted by atomic mass is 10.1. The van der Waals surface area contributed by atoms with E-state index in [4.69, 9.17) is 4.74 Å². The number of aromatic amines is 2. The topological polar surface area (TPSA) is 95.3 Å². The third kappa shape index (κ3) is 2.71. The fourth-order valence-corrected chi connectivity index (χ4v) is 5.21. The second-order valence-electron chi connectivity index (χ2n) is 6.20. The Bertz CT molecular complexity index is 876. The number of H-pyrrole nitrogens is 2. The van der Waals surface area contributed by atoms with Crippen LogP contribution < -0.4 is 5.69 Å². The number of ether oxygens (including phenoxy) is 1. The van der Waals surface area contributed by atoms with Gasteiger partial charge in [0.2, 0.25) is 10.0 Å². The summed E-state index contributed by atoms with van der Waals surface area (Å²) in [5, 5.41) is 0. The Morgan fingerprint density at radius 2 is 1.65 bits per heavy atom. The van der Waals surface area contributed by atoms with E-state index in [9.17, 15) is 13.2 Å². The van der Waals surface area contributed by atoms with Gasteiger partial charge < -0.3 is 14.7 Å². The van der Waals surface area contributed by atoms with Crippen LogP contribution in [0.15, 0.2) is 27.9 Å². The molecule has 1 aromatic heterocycles. The van der Waals surface area contributed by atoms with Gasteiger partial charge in [-0.2, -0.15) is 4.31 Å². The first-order valence-electron chi connectivity index (χ1n) is 7.89. The minimum atomic E-state index is -3.58. The predicted octanol–water partition coefficient (Wildman–Crippen LogP) is 1.19. The average Bonchev–Trinajstić information content (AvgIpc) is 3.27. The molecule has 0 bridgehead atoms. The molecule has 124 valence electrons. The van der Waals surface area contributed by atoms with Crippen molar-refractivity contribution < 1.29 is 13.2 Å². The van der Waals surface area contributed by atoms with Crippen LogP contribution in [0.1, 0.15) is 25.7 Å². The zero-order chi connectivity index (χ0) is 16.0. The van der Waals surface area contributed by atoms with E-state index >= 15 is 0 Å². The molecule has 0 spiro atoms. The smallest absolute Gasteiger partial charge is 0.323 e. The number of benzene rings is 1. The number of nitrogens with zero attached hydrogens (tertiary/aromatic N) is 1. The SMILES string of the molecule is O=c1[nH]c2ccc(S(=O)(=O)N(C3CCOCC3)C3CC3)cc2[nH]1. The largest absolute Gasteiger partial charge is 0.381 e. The highest BCUT2D eigenvalue weighted by atomic mass is 32.2. The molecule has 1 saturated heterocycles. The molecule has 1 saturated carbocycles. The number of nitrogens with one attached hydrogen (secondary N) is 2. The Morgan fingerprint density at radius 1 is 1.00 bits per heavy atom. The zero-order valence-corrected chi connectivity index (χ0v) is 13.4. The molecular weight excluding hydrogens is 318 g/mol. The number of fused-ring (bicyclic) bond motifs is 1. The van der Waals surface area contributed by atoms with Gasteiger partial charge in [0.05, 0.1) is 15.9 Å². The predicted molar refractivity (Wildman–Crippen MR) is 84.8 cm³/mol. The molecule has 2 heterocycles. The molecule has 0 atom stereocenters. The summed E-state index contributed by atoms with van der Waals surface area (Å²) >= 11 is 0. The number of hydrogen-bond acceptors (Lipinski definition) is 4. The first-order valence-corrected chi connectivity index (χ1v) is 9.33. The maximum Gasteiger partial charge on any atom is 0.323 e. The molecule has 2 N–H and O–H groups in total. The van der Waals surface area contributed by atoms with Crippen molar-refractivity contribution in [3.8, 4) is 0 Å². The fraction of sp³-hybridized carbons (Fsp3) is 0.533. The van der Waals surface area contributed by atoms with Gasteiger partial charge in [0.15, 0.2) is 0 Å². The Labute approximate surface area is 133 Å². The Kier molecular flexibility index (Phi) is 3.55. The van der Waals surface area contributed by atoms with E-state index < -0.39 is 10.0 Å². The summed E-state index contributed by atoms with van der Waals surface area (Å²) in [6, 6.07) is 4.84. The summed E-state index contributed by atoms with van der Waals surface area (Å²) in [6.45, 7) is 1.21. The second kappa shape index (κ2) is 5.47. The molecule has 2 aromatic rings. The zero-order valence-electron chi connectivity index (χ0n) is 12.6. The van der Waals surface area contributed by atoms with Gasteiger partial charge in [-0.05, 0) is 43.9 Å². The lowest BCUT2D eigenvalue weighted by molar-refractivity contribution is 0.0569. The molecule has 1 aliphatic carbocycles. The van der Waals surface area contributed by atoms with E-state index in [0.717, 1.165) is 25.7 Å². The summed E-state index contributed by atoms with van der Waals surface area (Å²) in [7, 11) is -3.58. The molecule has 1 aromatic carbocycles. The molecular formula is C15H19N3O4S. The van der Waals surface area contributed by atoms with Gasteiger partial charge in [-0.1, -0.05) is 0 Å². The summed E-state index contributed by atoms with van der Waals surface area (Å²) in [6.07, 6.45) is 3.30. The van der Waals surface area contributed by atoms with Gasteiger partial charge >= 0.3 is 5.69 Å². The van der Waals surface area contributed by atoms with Gasteiger partial charge in [0.25, 0.3) is 0 Å². The molecule has 0 unspecified atom stereocenters. The standard InChI is InChI=1S/C15H19N3O4S/c19-15-16-13-4-3-12(9-14(13)17-15)23(20,21)18(10-1-2-10)11-5-7-22-8-6-11/h3-4,9-11H,1-2,5-8H2,(H2,16,17,19). The van der Waals surface area contributed by atoms with Gasteiger partial charge in [-0.15, -0.1) is 0 Å². The maximum atomic E-state index is 13.1. The highest BCUT2D eigenvalue weighted by molar-refractivity contribution is 7.89. The number of sulfonamides is 1. The van der Waals surface area contributed by atoms with Crippen LogP contribution in [0.5, 0.6) is 0 Å². The maximum absolute atomic E-state index is 13.1. The van der Waals surface area contributed by atoms with Gasteiger partial charge in [0, 0.05) is 25.3 Å². The summed E-state index contributed by atoms with van der Waals surface area (Å²) < 4.78 is 33.3. The quantitative estimate of drug-likeness (QED) is 0.876.